The maximum absolute atomic E-state index is 12.0. The average Bonchev–Trinajstić information content (AvgIpc) is 3.12. The summed E-state index contributed by atoms with van der Waals surface area (Å²) < 4.78 is 0. The highest BCUT2D eigenvalue weighted by Crippen LogP contribution is 2.49. The Labute approximate surface area is 122 Å². The van der Waals surface area contributed by atoms with E-state index >= 15 is 0 Å². The lowest BCUT2D eigenvalue weighted by Crippen LogP contribution is -2.40. The maximum Gasteiger partial charge on any atom is 0.230 e. The zero-order chi connectivity index (χ0) is 14.1. The number of carbonyl (C=O) groups excluding carboxylic acids is 1. The van der Waals surface area contributed by atoms with E-state index in [-0.39, 0.29) is 17.9 Å². The van der Waals surface area contributed by atoms with E-state index in [9.17, 15) is 4.79 Å². The molecule has 2 fully saturated rings. The molecule has 1 aromatic rings. The number of H-pyrrole nitrogens is 1. The zero-order valence-electron chi connectivity index (χ0n) is 11.6. The highest BCUT2D eigenvalue weighted by Gasteiger charge is 2.42. The van der Waals surface area contributed by atoms with Crippen LogP contribution in [0.15, 0.2) is 5.16 Å². The van der Waals surface area contributed by atoms with Crippen LogP contribution in [0.3, 0.4) is 0 Å². The fraction of sp³-hybridized carbons (Fsp3) is 0.769. The normalized spacial score (nSPS) is 29.6. The number of nitrogens with zero attached hydrogens (tertiary/aromatic N) is 2. The molecule has 0 radical (unpaired) electrons. The van der Waals surface area contributed by atoms with Gasteiger partial charge in [0, 0.05) is 6.04 Å². The Balaban J connectivity index is 1.44. The lowest BCUT2D eigenvalue weighted by atomic mass is 9.84. The summed E-state index contributed by atoms with van der Waals surface area (Å²) in [5.74, 6) is 3.08. The number of carbonyl (C=O) groups is 1. The minimum Gasteiger partial charge on any atom is -0.368 e. The van der Waals surface area contributed by atoms with Gasteiger partial charge in [0.15, 0.2) is 0 Å². The molecule has 1 amide bonds. The van der Waals surface area contributed by atoms with Crippen LogP contribution in [-0.4, -0.2) is 32.9 Å². The van der Waals surface area contributed by atoms with Gasteiger partial charge in [0.25, 0.3) is 0 Å². The van der Waals surface area contributed by atoms with Crippen molar-refractivity contribution < 1.29 is 4.79 Å². The van der Waals surface area contributed by atoms with E-state index in [2.05, 4.69) is 27.4 Å². The first-order valence-corrected chi connectivity index (χ1v) is 8.20. The van der Waals surface area contributed by atoms with Gasteiger partial charge in [-0.25, -0.2) is 5.10 Å². The third-order valence-corrected chi connectivity index (χ3v) is 5.49. The van der Waals surface area contributed by atoms with E-state index in [0.717, 1.165) is 11.8 Å². The number of fused-ring (bicyclic) bond motifs is 2. The number of aromatic nitrogens is 3. The SMILES string of the molecule is C[C@@H](NC(=O)CSc1n[nH]c(N)n1)[C@@H]1C[C@H]2CC[C@@H]1C2. The van der Waals surface area contributed by atoms with E-state index in [4.69, 9.17) is 5.73 Å². The Morgan fingerprint density at radius 1 is 1.55 bits per heavy atom. The molecule has 20 heavy (non-hydrogen) atoms. The van der Waals surface area contributed by atoms with Crippen LogP contribution in [0, 0.1) is 17.8 Å². The molecule has 3 rings (SSSR count). The largest absolute Gasteiger partial charge is 0.368 e. The van der Waals surface area contributed by atoms with Crippen LogP contribution in [0.1, 0.15) is 32.6 Å². The first-order chi connectivity index (χ1) is 9.61. The van der Waals surface area contributed by atoms with Crippen molar-refractivity contribution in [3.8, 4) is 0 Å². The molecule has 0 spiro atoms. The lowest BCUT2D eigenvalue weighted by molar-refractivity contribution is -0.119. The molecular formula is C13H21N5OS. The van der Waals surface area contributed by atoms with Crippen LogP contribution in [0.5, 0.6) is 0 Å². The van der Waals surface area contributed by atoms with Gasteiger partial charge >= 0.3 is 0 Å². The lowest BCUT2D eigenvalue weighted by Gasteiger charge is -2.28. The Kier molecular flexibility index (Phi) is 3.87. The molecule has 2 saturated carbocycles. The maximum atomic E-state index is 12.0. The molecule has 2 aliphatic rings. The van der Waals surface area contributed by atoms with E-state index in [1.807, 2.05) is 0 Å². The summed E-state index contributed by atoms with van der Waals surface area (Å²) in [6.45, 7) is 2.14. The van der Waals surface area contributed by atoms with Gasteiger partial charge < -0.3 is 11.1 Å². The third kappa shape index (κ3) is 2.92. The molecule has 0 aromatic carbocycles. The Morgan fingerprint density at radius 3 is 3.00 bits per heavy atom. The summed E-state index contributed by atoms with van der Waals surface area (Å²) >= 11 is 1.30. The Hall–Kier alpha value is -1.24. The molecule has 7 heteroatoms. The molecule has 0 saturated heterocycles. The van der Waals surface area contributed by atoms with Crippen LogP contribution in [0.4, 0.5) is 5.95 Å². The molecule has 1 heterocycles. The Bertz CT molecular complexity index is 491. The number of hydrogen-bond acceptors (Lipinski definition) is 5. The van der Waals surface area contributed by atoms with Crippen molar-refractivity contribution >= 4 is 23.6 Å². The van der Waals surface area contributed by atoms with Gasteiger partial charge in [0.2, 0.25) is 17.0 Å². The highest BCUT2D eigenvalue weighted by molar-refractivity contribution is 7.99. The quantitative estimate of drug-likeness (QED) is 0.714. The summed E-state index contributed by atoms with van der Waals surface area (Å²) in [5, 5.41) is 10.1. The van der Waals surface area contributed by atoms with Gasteiger partial charge in [-0.3, -0.25) is 4.79 Å². The molecular weight excluding hydrogens is 274 g/mol. The van der Waals surface area contributed by atoms with Gasteiger partial charge in [-0.15, -0.1) is 5.10 Å². The number of anilines is 1. The van der Waals surface area contributed by atoms with Crippen LogP contribution < -0.4 is 11.1 Å². The molecule has 110 valence electrons. The highest BCUT2D eigenvalue weighted by atomic mass is 32.2. The standard InChI is InChI=1S/C13H21N5OS/c1-7(10-5-8-2-3-9(10)4-8)15-11(19)6-20-13-16-12(14)17-18-13/h7-10H,2-6H2,1H3,(H,15,19)(H3,14,16,17,18)/t7-,8+,9-,10+/m1/s1. The van der Waals surface area contributed by atoms with E-state index in [0.29, 0.717) is 16.8 Å². The molecule has 4 N–H and O–H groups in total. The number of aromatic amines is 1. The first kappa shape index (κ1) is 13.7. The predicted molar refractivity (Wildman–Crippen MR) is 78.1 cm³/mol. The Morgan fingerprint density at radius 2 is 2.40 bits per heavy atom. The number of nitrogens with one attached hydrogen (secondary N) is 2. The first-order valence-electron chi connectivity index (χ1n) is 7.22. The van der Waals surface area contributed by atoms with Crippen molar-refractivity contribution in [1.29, 1.82) is 0 Å². The number of hydrogen-bond donors (Lipinski definition) is 3. The molecule has 4 atom stereocenters. The van der Waals surface area contributed by atoms with Crippen molar-refractivity contribution in [2.24, 2.45) is 17.8 Å². The monoisotopic (exact) mass is 295 g/mol. The summed E-state index contributed by atoms with van der Waals surface area (Å²) in [4.78, 5) is 15.9. The van der Waals surface area contributed by atoms with Crippen LogP contribution in [0.25, 0.3) is 0 Å². The van der Waals surface area contributed by atoms with Gasteiger partial charge in [-0.2, -0.15) is 4.98 Å². The van der Waals surface area contributed by atoms with E-state index < -0.39 is 0 Å². The van der Waals surface area contributed by atoms with E-state index in [1.54, 1.807) is 0 Å². The molecule has 1 aromatic heterocycles. The van der Waals surface area contributed by atoms with Crippen LogP contribution in [-0.2, 0) is 4.79 Å². The minimum atomic E-state index is 0.0497. The molecule has 0 unspecified atom stereocenters. The third-order valence-electron chi connectivity index (χ3n) is 4.64. The minimum absolute atomic E-state index is 0.0497. The van der Waals surface area contributed by atoms with Crippen molar-refractivity contribution in [2.75, 3.05) is 11.5 Å². The second-order valence-corrected chi connectivity index (χ2v) is 6.93. The van der Waals surface area contributed by atoms with E-state index in [1.165, 1.54) is 37.4 Å². The van der Waals surface area contributed by atoms with Crippen LogP contribution >= 0.6 is 11.8 Å². The van der Waals surface area contributed by atoms with Gasteiger partial charge in [0.1, 0.15) is 0 Å². The summed E-state index contributed by atoms with van der Waals surface area (Å²) in [7, 11) is 0. The predicted octanol–water partition coefficient (Wildman–Crippen LogP) is 1.42. The smallest absolute Gasteiger partial charge is 0.230 e. The van der Waals surface area contributed by atoms with Gasteiger partial charge in [0.05, 0.1) is 5.75 Å². The van der Waals surface area contributed by atoms with Crippen molar-refractivity contribution in [2.45, 2.75) is 43.8 Å². The summed E-state index contributed by atoms with van der Waals surface area (Å²) in [5.41, 5.74) is 5.44. The molecule has 6 nitrogen and oxygen atoms in total. The van der Waals surface area contributed by atoms with Crippen molar-refractivity contribution in [1.82, 2.24) is 20.5 Å². The summed E-state index contributed by atoms with van der Waals surface area (Å²) in [6, 6.07) is 0.274. The number of nitrogens with two attached hydrogens (primary N) is 1. The second kappa shape index (κ2) is 5.63. The molecule has 0 aliphatic heterocycles. The fourth-order valence-corrected chi connectivity index (χ4v) is 4.38. The second-order valence-electron chi connectivity index (χ2n) is 5.99. The molecule has 2 bridgehead atoms. The number of rotatable bonds is 5. The topological polar surface area (TPSA) is 96.7 Å². The fourth-order valence-electron chi connectivity index (χ4n) is 3.76. The van der Waals surface area contributed by atoms with Crippen LogP contribution in [0.2, 0.25) is 0 Å². The van der Waals surface area contributed by atoms with Crippen molar-refractivity contribution in [3.05, 3.63) is 0 Å². The van der Waals surface area contributed by atoms with Crippen molar-refractivity contribution in [3.63, 3.8) is 0 Å². The zero-order valence-corrected chi connectivity index (χ0v) is 12.4. The number of amides is 1. The number of nitrogen functional groups attached to an aromatic ring is 1. The van der Waals surface area contributed by atoms with Gasteiger partial charge in [-0.1, -0.05) is 18.2 Å². The van der Waals surface area contributed by atoms with Gasteiger partial charge in [-0.05, 0) is 43.9 Å². The average molecular weight is 295 g/mol. The molecule has 2 aliphatic carbocycles. The summed E-state index contributed by atoms with van der Waals surface area (Å²) in [6.07, 6.45) is 5.40. The number of thioether (sulfide) groups is 1.